The molecule has 0 spiro atoms. The standard InChI is InChI=1S/C19H16S/c1-15-8-7-11-17(14-15)19-13-6-5-12-18(20-19)16-9-3-2-4-10-16/h2-4,7-12,14,19H,5H2,1H3. The first-order chi connectivity index (χ1) is 9.83. The third kappa shape index (κ3) is 2.98. The van der Waals surface area contributed by atoms with Gasteiger partial charge in [-0.3, -0.25) is 0 Å². The maximum absolute atomic E-state index is 3.39. The molecule has 0 nitrogen and oxygen atoms in total. The SMILES string of the molecule is Cc1cccc(C2C#CCC=C(c3ccccc3)S2)c1. The fourth-order valence-corrected chi connectivity index (χ4v) is 3.40. The number of benzene rings is 2. The Morgan fingerprint density at radius 3 is 2.70 bits per heavy atom. The zero-order chi connectivity index (χ0) is 13.8. The molecule has 1 aliphatic heterocycles. The van der Waals surface area contributed by atoms with Crippen molar-refractivity contribution in [3.8, 4) is 11.8 Å². The smallest absolute Gasteiger partial charge is 0.0953 e. The highest BCUT2D eigenvalue weighted by atomic mass is 32.2. The van der Waals surface area contributed by atoms with Crippen LogP contribution in [0.3, 0.4) is 0 Å². The quantitative estimate of drug-likeness (QED) is 0.678. The number of hydrogen-bond donors (Lipinski definition) is 0. The second kappa shape index (κ2) is 6.03. The first kappa shape index (κ1) is 13.1. The van der Waals surface area contributed by atoms with Crippen molar-refractivity contribution >= 4 is 16.7 Å². The van der Waals surface area contributed by atoms with Crippen molar-refractivity contribution in [3.63, 3.8) is 0 Å². The summed E-state index contributed by atoms with van der Waals surface area (Å²) in [4.78, 5) is 1.31. The molecule has 0 saturated carbocycles. The van der Waals surface area contributed by atoms with Crippen LogP contribution in [0, 0.1) is 18.8 Å². The summed E-state index contributed by atoms with van der Waals surface area (Å²) in [7, 11) is 0. The zero-order valence-electron chi connectivity index (χ0n) is 11.5. The van der Waals surface area contributed by atoms with Gasteiger partial charge in [-0.1, -0.05) is 78.1 Å². The van der Waals surface area contributed by atoms with E-state index in [1.807, 2.05) is 11.8 Å². The van der Waals surface area contributed by atoms with Crippen molar-refractivity contribution in [1.29, 1.82) is 0 Å². The molecule has 0 bridgehead atoms. The highest BCUT2D eigenvalue weighted by Crippen LogP contribution is 2.40. The summed E-state index contributed by atoms with van der Waals surface area (Å²) in [5.74, 6) is 6.65. The van der Waals surface area contributed by atoms with Crippen LogP contribution < -0.4 is 0 Å². The molecule has 0 aliphatic carbocycles. The molecule has 0 N–H and O–H groups in total. The van der Waals surface area contributed by atoms with Crippen LogP contribution in [0.25, 0.3) is 4.91 Å². The largest absolute Gasteiger partial charge is 0.104 e. The summed E-state index contributed by atoms with van der Waals surface area (Å²) in [6.07, 6.45) is 3.07. The van der Waals surface area contributed by atoms with Crippen molar-refractivity contribution in [2.24, 2.45) is 0 Å². The van der Waals surface area contributed by atoms with Crippen molar-refractivity contribution in [2.45, 2.75) is 18.6 Å². The van der Waals surface area contributed by atoms with E-state index < -0.39 is 0 Å². The van der Waals surface area contributed by atoms with Gasteiger partial charge in [-0.25, -0.2) is 0 Å². The normalized spacial score (nSPS) is 17.6. The lowest BCUT2D eigenvalue weighted by molar-refractivity contribution is 1.26. The topological polar surface area (TPSA) is 0 Å². The van der Waals surface area contributed by atoms with Gasteiger partial charge in [-0.05, 0) is 18.1 Å². The van der Waals surface area contributed by atoms with Gasteiger partial charge in [0.15, 0.2) is 0 Å². The van der Waals surface area contributed by atoms with E-state index in [-0.39, 0.29) is 5.25 Å². The van der Waals surface area contributed by atoms with Crippen LogP contribution >= 0.6 is 11.8 Å². The molecule has 2 aromatic rings. The number of rotatable bonds is 2. The summed E-state index contributed by atoms with van der Waals surface area (Å²) in [5, 5.41) is 0.226. The molecule has 0 radical (unpaired) electrons. The first-order valence-corrected chi connectivity index (χ1v) is 7.68. The van der Waals surface area contributed by atoms with Gasteiger partial charge < -0.3 is 0 Å². The molecule has 0 amide bonds. The minimum Gasteiger partial charge on any atom is -0.104 e. The maximum Gasteiger partial charge on any atom is 0.0953 e. The van der Waals surface area contributed by atoms with Crippen molar-refractivity contribution in [1.82, 2.24) is 0 Å². The third-order valence-electron chi connectivity index (χ3n) is 3.27. The number of thioether (sulfide) groups is 1. The molecule has 1 aliphatic rings. The van der Waals surface area contributed by atoms with E-state index in [4.69, 9.17) is 0 Å². The molecule has 0 saturated heterocycles. The van der Waals surface area contributed by atoms with Crippen molar-refractivity contribution in [2.75, 3.05) is 0 Å². The third-order valence-corrected chi connectivity index (χ3v) is 4.55. The molecule has 2 aromatic carbocycles. The molecule has 98 valence electrons. The summed E-state index contributed by atoms with van der Waals surface area (Å²) < 4.78 is 0. The minimum atomic E-state index is 0.226. The molecular weight excluding hydrogens is 260 g/mol. The molecule has 3 rings (SSSR count). The van der Waals surface area contributed by atoms with Gasteiger partial charge in [0.2, 0.25) is 0 Å². The van der Waals surface area contributed by atoms with Gasteiger partial charge in [-0.2, -0.15) is 0 Å². The Bertz CT molecular complexity index is 686. The van der Waals surface area contributed by atoms with Gasteiger partial charge in [-0.15, -0.1) is 11.8 Å². The molecule has 0 fully saturated rings. The first-order valence-electron chi connectivity index (χ1n) is 6.80. The Labute approximate surface area is 124 Å². The molecule has 1 heteroatoms. The second-order valence-electron chi connectivity index (χ2n) is 4.87. The summed E-state index contributed by atoms with van der Waals surface area (Å²) in [5.41, 5.74) is 3.87. The zero-order valence-corrected chi connectivity index (χ0v) is 12.3. The maximum atomic E-state index is 3.39. The molecule has 20 heavy (non-hydrogen) atoms. The van der Waals surface area contributed by atoms with Gasteiger partial charge in [0.25, 0.3) is 0 Å². The average molecular weight is 276 g/mol. The molecule has 1 heterocycles. The summed E-state index contributed by atoms with van der Waals surface area (Å²) >= 11 is 1.85. The van der Waals surface area contributed by atoms with Gasteiger partial charge in [0, 0.05) is 11.3 Å². The fourth-order valence-electron chi connectivity index (χ4n) is 2.27. The molecule has 0 aromatic heterocycles. The average Bonchev–Trinajstić information content (AvgIpc) is 2.74. The van der Waals surface area contributed by atoms with E-state index in [2.05, 4.69) is 79.4 Å². The lowest BCUT2D eigenvalue weighted by Crippen LogP contribution is -1.92. The van der Waals surface area contributed by atoms with Crippen LogP contribution in [0.1, 0.15) is 28.4 Å². The number of aryl methyl sites for hydroxylation is 1. The van der Waals surface area contributed by atoms with E-state index in [0.29, 0.717) is 0 Å². The van der Waals surface area contributed by atoms with Gasteiger partial charge in [0.1, 0.15) is 0 Å². The van der Waals surface area contributed by atoms with Gasteiger partial charge in [0.05, 0.1) is 5.25 Å². The lowest BCUT2D eigenvalue weighted by Gasteiger charge is -2.13. The predicted octanol–water partition coefficient (Wildman–Crippen LogP) is 5.22. The summed E-state index contributed by atoms with van der Waals surface area (Å²) in [6.45, 7) is 2.13. The Morgan fingerprint density at radius 1 is 1.05 bits per heavy atom. The van der Waals surface area contributed by atoms with E-state index in [1.54, 1.807) is 0 Å². The molecule has 1 unspecified atom stereocenters. The number of allylic oxidation sites excluding steroid dienone is 1. The van der Waals surface area contributed by atoms with Crippen molar-refractivity contribution in [3.05, 3.63) is 77.4 Å². The Balaban J connectivity index is 1.91. The van der Waals surface area contributed by atoms with Crippen molar-refractivity contribution < 1.29 is 0 Å². The van der Waals surface area contributed by atoms with Crippen LogP contribution in [0.5, 0.6) is 0 Å². The molecule has 1 atom stereocenters. The lowest BCUT2D eigenvalue weighted by atomic mass is 10.1. The van der Waals surface area contributed by atoms with Crippen LogP contribution in [0.4, 0.5) is 0 Å². The van der Waals surface area contributed by atoms with Crippen LogP contribution in [0.15, 0.2) is 60.7 Å². The highest BCUT2D eigenvalue weighted by Gasteiger charge is 2.14. The van der Waals surface area contributed by atoms with Crippen LogP contribution in [-0.4, -0.2) is 0 Å². The van der Waals surface area contributed by atoms with Crippen LogP contribution in [0.2, 0.25) is 0 Å². The second-order valence-corrected chi connectivity index (χ2v) is 6.02. The Hall–Kier alpha value is -1.91. The van der Waals surface area contributed by atoms with E-state index in [0.717, 1.165) is 6.42 Å². The van der Waals surface area contributed by atoms with E-state index in [1.165, 1.54) is 21.6 Å². The minimum absolute atomic E-state index is 0.226. The number of hydrogen-bond acceptors (Lipinski definition) is 1. The van der Waals surface area contributed by atoms with Crippen LogP contribution in [-0.2, 0) is 0 Å². The van der Waals surface area contributed by atoms with E-state index in [9.17, 15) is 0 Å². The predicted molar refractivity (Wildman–Crippen MR) is 88.3 cm³/mol. The highest BCUT2D eigenvalue weighted by molar-refractivity contribution is 8.08. The van der Waals surface area contributed by atoms with E-state index >= 15 is 0 Å². The van der Waals surface area contributed by atoms with Gasteiger partial charge >= 0.3 is 0 Å². The monoisotopic (exact) mass is 276 g/mol. The summed E-state index contributed by atoms with van der Waals surface area (Å²) in [6, 6.07) is 19.2. The Kier molecular flexibility index (Phi) is 3.95. The molecular formula is C19H16S. The Morgan fingerprint density at radius 2 is 1.90 bits per heavy atom. The fraction of sp³-hybridized carbons (Fsp3) is 0.158.